The van der Waals surface area contributed by atoms with Crippen molar-refractivity contribution in [2.24, 2.45) is 11.7 Å². The number of hydrogen-bond donors (Lipinski definition) is 1. The number of hydrogen-bond acceptors (Lipinski definition) is 3. The Hall–Kier alpha value is -0.910. The Morgan fingerprint density at radius 2 is 2.00 bits per heavy atom. The van der Waals surface area contributed by atoms with Crippen LogP contribution in [-0.4, -0.2) is 41.6 Å². The van der Waals surface area contributed by atoms with E-state index in [4.69, 9.17) is 10.5 Å². The molecule has 6 heteroatoms. The molecule has 1 heterocycles. The fourth-order valence-electron chi connectivity index (χ4n) is 2.16. The van der Waals surface area contributed by atoms with Crippen molar-refractivity contribution in [3.63, 3.8) is 0 Å². The molecule has 0 saturated carbocycles. The summed E-state index contributed by atoms with van der Waals surface area (Å²) in [6.45, 7) is 7.02. The van der Waals surface area contributed by atoms with E-state index in [0.717, 1.165) is 0 Å². The summed E-state index contributed by atoms with van der Waals surface area (Å²) in [4.78, 5) is 13.2. The maximum Gasteiger partial charge on any atom is 0.410 e. The number of carbonyl (C=O) groups is 1. The molecule has 0 spiro atoms. The van der Waals surface area contributed by atoms with Gasteiger partial charge in [0.25, 0.3) is 5.92 Å². The van der Waals surface area contributed by atoms with Crippen molar-refractivity contribution in [2.75, 3.05) is 13.1 Å². The third-order valence-electron chi connectivity index (χ3n) is 3.22. The first-order chi connectivity index (χ1) is 8.54. The van der Waals surface area contributed by atoms with Crippen LogP contribution in [0.25, 0.3) is 0 Å². The van der Waals surface area contributed by atoms with Crippen LogP contribution in [0.3, 0.4) is 0 Å². The third-order valence-corrected chi connectivity index (χ3v) is 3.22. The molecule has 4 nitrogen and oxygen atoms in total. The molecule has 0 aromatic carbocycles. The zero-order valence-corrected chi connectivity index (χ0v) is 12.1. The van der Waals surface area contributed by atoms with E-state index < -0.39 is 29.6 Å². The summed E-state index contributed by atoms with van der Waals surface area (Å²) >= 11 is 0. The molecule has 2 unspecified atom stereocenters. The lowest BCUT2D eigenvalue weighted by Crippen LogP contribution is -2.52. The van der Waals surface area contributed by atoms with E-state index in [0.29, 0.717) is 19.4 Å². The van der Waals surface area contributed by atoms with Crippen LogP contribution in [0.15, 0.2) is 0 Å². The first kappa shape index (κ1) is 16.1. The Morgan fingerprint density at radius 3 is 2.47 bits per heavy atom. The molecule has 2 atom stereocenters. The van der Waals surface area contributed by atoms with Crippen LogP contribution in [0.2, 0.25) is 0 Å². The maximum absolute atomic E-state index is 13.9. The van der Waals surface area contributed by atoms with E-state index in [2.05, 4.69) is 0 Å². The molecule has 1 aliphatic heterocycles. The van der Waals surface area contributed by atoms with Gasteiger partial charge in [0, 0.05) is 19.0 Å². The first-order valence-corrected chi connectivity index (χ1v) is 6.65. The minimum atomic E-state index is -2.96. The highest BCUT2D eigenvalue weighted by atomic mass is 19.3. The number of likely N-dealkylation sites (tertiary alicyclic amines) is 1. The van der Waals surface area contributed by atoms with E-state index in [1.807, 2.05) is 0 Å². The van der Waals surface area contributed by atoms with Gasteiger partial charge in [-0.2, -0.15) is 0 Å². The Bertz CT molecular complexity index is 327. The number of nitrogens with two attached hydrogens (primary N) is 1. The van der Waals surface area contributed by atoms with E-state index in [9.17, 15) is 13.6 Å². The standard InChI is InChI=1S/C13H24F2N2O2/c1-9(16)13(14,15)10-6-5-7-17(8-10)11(18)19-12(2,3)4/h9-10H,5-8,16H2,1-4H3. The van der Waals surface area contributed by atoms with Crippen molar-refractivity contribution >= 4 is 6.09 Å². The van der Waals surface area contributed by atoms with Gasteiger partial charge < -0.3 is 15.4 Å². The normalized spacial score (nSPS) is 23.1. The van der Waals surface area contributed by atoms with Gasteiger partial charge >= 0.3 is 6.09 Å². The number of rotatable bonds is 2. The van der Waals surface area contributed by atoms with Crippen molar-refractivity contribution in [3.05, 3.63) is 0 Å². The lowest BCUT2D eigenvalue weighted by molar-refractivity contribution is -0.0966. The van der Waals surface area contributed by atoms with Crippen LogP contribution in [0.4, 0.5) is 13.6 Å². The number of halogens is 2. The fraction of sp³-hybridized carbons (Fsp3) is 0.923. The van der Waals surface area contributed by atoms with Crippen molar-refractivity contribution in [1.29, 1.82) is 0 Å². The molecule has 1 aliphatic rings. The number of amides is 1. The molecule has 0 aromatic heterocycles. The first-order valence-electron chi connectivity index (χ1n) is 6.65. The Morgan fingerprint density at radius 1 is 1.42 bits per heavy atom. The average Bonchev–Trinajstić information content (AvgIpc) is 2.26. The van der Waals surface area contributed by atoms with Crippen LogP contribution in [0.5, 0.6) is 0 Å². The van der Waals surface area contributed by atoms with Crippen molar-refractivity contribution in [2.45, 2.75) is 58.1 Å². The number of ether oxygens (including phenoxy) is 1. The Balaban J connectivity index is 2.67. The fourth-order valence-corrected chi connectivity index (χ4v) is 2.16. The third kappa shape index (κ3) is 4.30. The van der Waals surface area contributed by atoms with Crippen LogP contribution < -0.4 is 5.73 Å². The molecule has 0 aliphatic carbocycles. The average molecular weight is 278 g/mol. The van der Waals surface area contributed by atoms with Crippen LogP contribution in [0, 0.1) is 5.92 Å². The predicted molar refractivity (Wildman–Crippen MR) is 69.1 cm³/mol. The molecule has 112 valence electrons. The second-order valence-corrected chi connectivity index (χ2v) is 6.23. The van der Waals surface area contributed by atoms with Gasteiger partial charge in [-0.15, -0.1) is 0 Å². The van der Waals surface area contributed by atoms with Gasteiger partial charge in [-0.1, -0.05) is 0 Å². The van der Waals surface area contributed by atoms with Crippen molar-refractivity contribution in [3.8, 4) is 0 Å². The molecular weight excluding hydrogens is 254 g/mol. The predicted octanol–water partition coefficient (Wildman–Crippen LogP) is 2.62. The van der Waals surface area contributed by atoms with Gasteiger partial charge in [0.1, 0.15) is 5.60 Å². The number of alkyl halides is 2. The Kier molecular flexibility index (Phi) is 4.76. The van der Waals surface area contributed by atoms with E-state index in [1.165, 1.54) is 11.8 Å². The minimum Gasteiger partial charge on any atom is -0.444 e. The molecule has 0 bridgehead atoms. The minimum absolute atomic E-state index is 0.00343. The van der Waals surface area contributed by atoms with Gasteiger partial charge in [0.15, 0.2) is 0 Å². The maximum atomic E-state index is 13.9. The van der Waals surface area contributed by atoms with Gasteiger partial charge in [-0.3, -0.25) is 0 Å². The van der Waals surface area contributed by atoms with E-state index >= 15 is 0 Å². The quantitative estimate of drug-likeness (QED) is 0.844. The molecule has 19 heavy (non-hydrogen) atoms. The van der Waals surface area contributed by atoms with Gasteiger partial charge in [-0.25, -0.2) is 13.6 Å². The molecular formula is C13H24F2N2O2. The van der Waals surface area contributed by atoms with Crippen molar-refractivity contribution in [1.82, 2.24) is 4.90 Å². The van der Waals surface area contributed by atoms with E-state index in [1.54, 1.807) is 20.8 Å². The Labute approximate surface area is 113 Å². The lowest BCUT2D eigenvalue weighted by Gasteiger charge is -2.38. The zero-order valence-electron chi connectivity index (χ0n) is 12.1. The highest BCUT2D eigenvalue weighted by molar-refractivity contribution is 5.68. The highest BCUT2D eigenvalue weighted by Gasteiger charge is 2.45. The molecule has 1 rings (SSSR count). The molecule has 0 aromatic rings. The molecule has 1 saturated heterocycles. The second-order valence-electron chi connectivity index (χ2n) is 6.23. The summed E-state index contributed by atoms with van der Waals surface area (Å²) in [7, 11) is 0. The SMILES string of the molecule is CC(N)C(F)(F)C1CCCN(C(=O)OC(C)(C)C)C1. The number of piperidine rings is 1. The van der Waals surface area contributed by atoms with Crippen LogP contribution in [-0.2, 0) is 4.74 Å². The summed E-state index contributed by atoms with van der Waals surface area (Å²) in [5, 5.41) is 0. The summed E-state index contributed by atoms with van der Waals surface area (Å²) in [6.07, 6.45) is 0.401. The van der Waals surface area contributed by atoms with Crippen molar-refractivity contribution < 1.29 is 18.3 Å². The van der Waals surface area contributed by atoms with Crippen LogP contribution in [0.1, 0.15) is 40.5 Å². The number of carbonyl (C=O) groups excluding carboxylic acids is 1. The highest BCUT2D eigenvalue weighted by Crippen LogP contribution is 2.34. The topological polar surface area (TPSA) is 55.6 Å². The number of nitrogens with zero attached hydrogens (tertiary/aromatic N) is 1. The summed E-state index contributed by atoms with van der Waals surface area (Å²) in [6, 6.07) is -1.21. The monoisotopic (exact) mass is 278 g/mol. The van der Waals surface area contributed by atoms with Gasteiger partial charge in [0.05, 0.1) is 6.04 Å². The molecule has 1 fully saturated rings. The summed E-state index contributed by atoms with van der Waals surface area (Å²) < 4.78 is 33.0. The largest absolute Gasteiger partial charge is 0.444 e. The summed E-state index contributed by atoms with van der Waals surface area (Å²) in [5.41, 5.74) is 4.72. The lowest BCUT2D eigenvalue weighted by atomic mass is 9.88. The van der Waals surface area contributed by atoms with Gasteiger partial charge in [-0.05, 0) is 40.5 Å². The van der Waals surface area contributed by atoms with Gasteiger partial charge in [0.2, 0.25) is 0 Å². The molecule has 0 radical (unpaired) electrons. The molecule has 2 N–H and O–H groups in total. The smallest absolute Gasteiger partial charge is 0.410 e. The van der Waals surface area contributed by atoms with Crippen LogP contribution >= 0.6 is 0 Å². The summed E-state index contributed by atoms with van der Waals surface area (Å²) in [5.74, 6) is -3.85. The second kappa shape index (κ2) is 5.61. The van der Waals surface area contributed by atoms with E-state index in [-0.39, 0.29) is 6.54 Å². The molecule has 1 amide bonds. The zero-order chi connectivity index (χ0) is 14.8.